The van der Waals surface area contributed by atoms with Crippen LogP contribution in [0.3, 0.4) is 0 Å². The highest BCUT2D eigenvalue weighted by molar-refractivity contribution is 7.92. The molecular formula is C20H26N2O4S2. The van der Waals surface area contributed by atoms with Crippen LogP contribution in [-0.2, 0) is 20.0 Å². The van der Waals surface area contributed by atoms with Crippen molar-refractivity contribution in [1.82, 2.24) is 4.31 Å². The van der Waals surface area contributed by atoms with Gasteiger partial charge < -0.3 is 0 Å². The Balaban J connectivity index is 1.84. The summed E-state index contributed by atoms with van der Waals surface area (Å²) in [5, 5.41) is 0. The zero-order chi connectivity index (χ0) is 20.5. The number of anilines is 1. The fourth-order valence-electron chi connectivity index (χ4n) is 3.47. The van der Waals surface area contributed by atoms with E-state index >= 15 is 0 Å². The maximum atomic E-state index is 12.9. The Labute approximate surface area is 167 Å². The summed E-state index contributed by atoms with van der Waals surface area (Å²) < 4.78 is 55.3. The maximum Gasteiger partial charge on any atom is 0.262 e. The molecule has 1 fully saturated rings. The van der Waals surface area contributed by atoms with Crippen LogP contribution in [0.2, 0.25) is 0 Å². The molecule has 0 aromatic heterocycles. The minimum atomic E-state index is -3.75. The summed E-state index contributed by atoms with van der Waals surface area (Å²) in [4.78, 5) is 0.391. The average molecular weight is 423 g/mol. The second-order valence-corrected chi connectivity index (χ2v) is 10.9. The molecule has 0 saturated carbocycles. The van der Waals surface area contributed by atoms with Gasteiger partial charge in [0, 0.05) is 18.3 Å². The number of hydrogen-bond acceptors (Lipinski definition) is 4. The van der Waals surface area contributed by atoms with E-state index in [4.69, 9.17) is 0 Å². The number of piperidine rings is 1. The topological polar surface area (TPSA) is 83.5 Å². The molecule has 152 valence electrons. The van der Waals surface area contributed by atoms with Gasteiger partial charge in [0.15, 0.2) is 0 Å². The molecule has 1 atom stereocenters. The van der Waals surface area contributed by atoms with E-state index < -0.39 is 20.0 Å². The summed E-state index contributed by atoms with van der Waals surface area (Å²) in [5.41, 5.74) is 1.83. The average Bonchev–Trinajstić information content (AvgIpc) is 2.64. The maximum absolute atomic E-state index is 12.9. The van der Waals surface area contributed by atoms with Gasteiger partial charge in [-0.05, 0) is 75.1 Å². The van der Waals surface area contributed by atoms with Crippen molar-refractivity contribution < 1.29 is 16.8 Å². The lowest BCUT2D eigenvalue weighted by Crippen LogP contribution is -2.41. The predicted molar refractivity (Wildman–Crippen MR) is 110 cm³/mol. The minimum absolute atomic E-state index is 0.0266. The van der Waals surface area contributed by atoms with Crippen molar-refractivity contribution in [3.05, 3.63) is 53.6 Å². The lowest BCUT2D eigenvalue weighted by atomic mass is 10.1. The monoisotopic (exact) mass is 422 g/mol. The van der Waals surface area contributed by atoms with Crippen LogP contribution in [0, 0.1) is 13.8 Å². The van der Waals surface area contributed by atoms with Crippen LogP contribution in [0.5, 0.6) is 0 Å². The standard InChI is InChI=1S/C20H26N2O4S2/c1-15-7-8-16(2)20(14-15)27(23,24)21-18-9-11-19(12-10-18)28(25,26)22-13-5-4-6-17(22)3/h7-12,14,17,21H,4-6,13H2,1-3H3. The van der Waals surface area contributed by atoms with Crippen LogP contribution in [0.15, 0.2) is 52.3 Å². The molecule has 1 saturated heterocycles. The largest absolute Gasteiger partial charge is 0.280 e. The quantitative estimate of drug-likeness (QED) is 0.797. The molecule has 0 amide bonds. The molecule has 28 heavy (non-hydrogen) atoms. The smallest absolute Gasteiger partial charge is 0.262 e. The summed E-state index contributed by atoms with van der Waals surface area (Å²) in [6.45, 7) is 6.01. The van der Waals surface area contributed by atoms with Crippen molar-refractivity contribution >= 4 is 25.7 Å². The van der Waals surface area contributed by atoms with Gasteiger partial charge in [-0.3, -0.25) is 4.72 Å². The molecule has 1 aliphatic rings. The number of aryl methyl sites for hydroxylation is 2. The van der Waals surface area contributed by atoms with E-state index in [0.29, 0.717) is 17.8 Å². The number of nitrogens with one attached hydrogen (secondary N) is 1. The first-order chi connectivity index (χ1) is 13.1. The first-order valence-corrected chi connectivity index (χ1v) is 12.3. The van der Waals surface area contributed by atoms with Crippen molar-refractivity contribution in [2.45, 2.75) is 55.9 Å². The first-order valence-electron chi connectivity index (χ1n) is 9.33. The number of rotatable bonds is 5. The third-order valence-electron chi connectivity index (χ3n) is 5.09. The molecule has 0 spiro atoms. The van der Waals surface area contributed by atoms with Crippen LogP contribution < -0.4 is 4.72 Å². The summed E-state index contributed by atoms with van der Waals surface area (Å²) in [6.07, 6.45) is 2.75. The lowest BCUT2D eigenvalue weighted by Gasteiger charge is -2.32. The molecular weight excluding hydrogens is 396 g/mol. The number of nitrogens with zero attached hydrogens (tertiary/aromatic N) is 1. The molecule has 1 unspecified atom stereocenters. The molecule has 1 aliphatic heterocycles. The van der Waals surface area contributed by atoms with Crippen LogP contribution in [0.1, 0.15) is 37.3 Å². The Morgan fingerprint density at radius 1 is 0.964 bits per heavy atom. The van der Waals surface area contributed by atoms with Gasteiger partial charge in [-0.1, -0.05) is 18.6 Å². The fourth-order valence-corrected chi connectivity index (χ4v) is 6.55. The molecule has 2 aromatic rings. The van der Waals surface area contributed by atoms with E-state index in [2.05, 4.69) is 4.72 Å². The van der Waals surface area contributed by atoms with Gasteiger partial charge in [-0.2, -0.15) is 4.31 Å². The van der Waals surface area contributed by atoms with Gasteiger partial charge >= 0.3 is 0 Å². The Morgan fingerprint density at radius 2 is 1.64 bits per heavy atom. The zero-order valence-electron chi connectivity index (χ0n) is 16.3. The third kappa shape index (κ3) is 4.24. The number of benzene rings is 2. The van der Waals surface area contributed by atoms with Gasteiger partial charge in [0.2, 0.25) is 10.0 Å². The van der Waals surface area contributed by atoms with Crippen molar-refractivity contribution in [2.24, 2.45) is 0 Å². The van der Waals surface area contributed by atoms with Gasteiger partial charge in [0.25, 0.3) is 10.0 Å². The molecule has 0 bridgehead atoms. The Hall–Kier alpha value is -1.90. The highest BCUT2D eigenvalue weighted by Crippen LogP contribution is 2.27. The summed E-state index contributed by atoms with van der Waals surface area (Å²) in [6, 6.07) is 11.1. The normalized spacial score (nSPS) is 18.8. The van der Waals surface area contributed by atoms with E-state index in [-0.39, 0.29) is 15.8 Å². The SMILES string of the molecule is Cc1ccc(C)c(S(=O)(=O)Nc2ccc(S(=O)(=O)N3CCCCC3C)cc2)c1. The van der Waals surface area contributed by atoms with Crippen LogP contribution in [-0.4, -0.2) is 33.7 Å². The van der Waals surface area contributed by atoms with Gasteiger partial charge in [0.05, 0.1) is 9.79 Å². The second-order valence-electron chi connectivity index (χ2n) is 7.36. The third-order valence-corrected chi connectivity index (χ3v) is 8.64. The van der Waals surface area contributed by atoms with Crippen molar-refractivity contribution in [3.8, 4) is 0 Å². The Morgan fingerprint density at radius 3 is 2.29 bits per heavy atom. The van der Waals surface area contributed by atoms with E-state index in [1.54, 1.807) is 19.1 Å². The highest BCUT2D eigenvalue weighted by Gasteiger charge is 2.30. The van der Waals surface area contributed by atoms with Crippen LogP contribution >= 0.6 is 0 Å². The molecule has 1 N–H and O–H groups in total. The van der Waals surface area contributed by atoms with Gasteiger partial charge in [0.1, 0.15) is 0 Å². The van der Waals surface area contributed by atoms with E-state index in [0.717, 1.165) is 24.8 Å². The van der Waals surface area contributed by atoms with E-state index in [1.807, 2.05) is 19.9 Å². The highest BCUT2D eigenvalue weighted by atomic mass is 32.2. The Bertz CT molecular complexity index is 1060. The van der Waals surface area contributed by atoms with Crippen molar-refractivity contribution in [1.29, 1.82) is 0 Å². The molecule has 8 heteroatoms. The predicted octanol–water partition coefficient (Wildman–Crippen LogP) is 3.67. The summed E-state index contributed by atoms with van der Waals surface area (Å²) in [5.74, 6) is 0. The fraction of sp³-hybridized carbons (Fsp3) is 0.400. The molecule has 0 radical (unpaired) electrons. The van der Waals surface area contributed by atoms with Crippen molar-refractivity contribution in [2.75, 3.05) is 11.3 Å². The Kier molecular flexibility index (Phi) is 5.84. The minimum Gasteiger partial charge on any atom is -0.280 e. The van der Waals surface area contributed by atoms with Gasteiger partial charge in [-0.15, -0.1) is 0 Å². The molecule has 1 heterocycles. The zero-order valence-corrected chi connectivity index (χ0v) is 18.0. The molecule has 2 aromatic carbocycles. The second kappa shape index (κ2) is 7.85. The van der Waals surface area contributed by atoms with Crippen molar-refractivity contribution in [3.63, 3.8) is 0 Å². The van der Waals surface area contributed by atoms with E-state index in [9.17, 15) is 16.8 Å². The summed E-state index contributed by atoms with van der Waals surface area (Å²) in [7, 11) is -7.33. The summed E-state index contributed by atoms with van der Waals surface area (Å²) >= 11 is 0. The van der Waals surface area contributed by atoms with Crippen LogP contribution in [0.25, 0.3) is 0 Å². The molecule has 3 rings (SSSR count). The number of sulfonamides is 2. The number of hydrogen-bond donors (Lipinski definition) is 1. The van der Waals surface area contributed by atoms with Crippen LogP contribution in [0.4, 0.5) is 5.69 Å². The van der Waals surface area contributed by atoms with Gasteiger partial charge in [-0.25, -0.2) is 16.8 Å². The molecule has 6 nitrogen and oxygen atoms in total. The lowest BCUT2D eigenvalue weighted by molar-refractivity contribution is 0.268. The van der Waals surface area contributed by atoms with E-state index in [1.165, 1.54) is 28.6 Å². The molecule has 0 aliphatic carbocycles. The first kappa shape index (κ1) is 20.8.